The van der Waals surface area contributed by atoms with Crippen molar-refractivity contribution in [1.29, 1.82) is 5.26 Å². The Bertz CT molecular complexity index is 1720. The zero-order valence-corrected chi connectivity index (χ0v) is 26.6. The van der Waals surface area contributed by atoms with Gasteiger partial charge in [-0.1, -0.05) is 55.1 Å². The van der Waals surface area contributed by atoms with Crippen LogP contribution in [0.5, 0.6) is 17.2 Å². The number of nitrogens with two attached hydrogens (primary N) is 1. The number of nitrogens with one attached hydrogen (secondary N) is 1. The lowest BCUT2D eigenvalue weighted by atomic mass is 9.68. The van der Waals surface area contributed by atoms with Crippen LogP contribution in [0, 0.1) is 16.7 Å². The number of nitrogens with zero attached hydrogens (tertiary/aromatic N) is 4. The average molecular weight is 633 g/mol. The van der Waals surface area contributed by atoms with E-state index < -0.39 is 5.92 Å². The maximum absolute atomic E-state index is 13.8. The Kier molecular flexibility index (Phi) is 8.85. The third kappa shape index (κ3) is 5.95. The van der Waals surface area contributed by atoms with E-state index in [1.54, 1.807) is 43.4 Å². The summed E-state index contributed by atoms with van der Waals surface area (Å²) in [7, 11) is 4.63. The smallest absolute Gasteiger partial charge is 0.234 e. The Morgan fingerprint density at radius 1 is 1.11 bits per heavy atom. The number of aromatic nitrogens is 2. The lowest BCUT2D eigenvalue weighted by Crippen LogP contribution is -2.42. The quantitative estimate of drug-likeness (QED) is 0.298. The van der Waals surface area contributed by atoms with Crippen LogP contribution in [0.1, 0.15) is 38.2 Å². The Hall–Kier alpha value is -4.54. The summed E-state index contributed by atoms with van der Waals surface area (Å²) >= 11 is 2.45. The van der Waals surface area contributed by atoms with E-state index in [1.807, 2.05) is 32.0 Å². The molecule has 0 fully saturated rings. The van der Waals surface area contributed by atoms with Crippen molar-refractivity contribution in [2.45, 2.75) is 36.9 Å². The van der Waals surface area contributed by atoms with E-state index in [0.29, 0.717) is 62.1 Å². The van der Waals surface area contributed by atoms with Gasteiger partial charge in [-0.15, -0.1) is 10.2 Å². The number of Topliss-reactive ketones (excluding diaryl/α,β-unsaturated/α-hetero) is 1. The van der Waals surface area contributed by atoms with E-state index in [9.17, 15) is 14.9 Å². The Morgan fingerprint density at radius 2 is 1.84 bits per heavy atom. The van der Waals surface area contributed by atoms with Crippen molar-refractivity contribution in [2.75, 3.05) is 37.3 Å². The predicted octanol–water partition coefficient (Wildman–Crippen LogP) is 5.24. The van der Waals surface area contributed by atoms with E-state index in [1.165, 1.54) is 30.2 Å². The first-order chi connectivity index (χ1) is 21.1. The molecule has 2 aliphatic rings. The number of ketones is 1. The number of carbonyl (C=O) groups is 2. The number of allylic oxidation sites excluding steroid dienone is 3. The maximum atomic E-state index is 13.8. The molecule has 0 spiro atoms. The van der Waals surface area contributed by atoms with Gasteiger partial charge in [-0.25, -0.2) is 0 Å². The average Bonchev–Trinajstić information content (AvgIpc) is 3.47. The predicted molar refractivity (Wildman–Crippen MR) is 169 cm³/mol. The SMILES string of the molecule is COc1ccc(NC(=O)CSc2nnc(N3C(N)=C(C#N)C(c4ccccc4OC)C4=C3CC(C)(C)CC4=O)s2)cc1OC. The van der Waals surface area contributed by atoms with Crippen molar-refractivity contribution >= 4 is 45.6 Å². The van der Waals surface area contributed by atoms with Gasteiger partial charge < -0.3 is 25.3 Å². The summed E-state index contributed by atoms with van der Waals surface area (Å²) in [6.07, 6.45) is 0.866. The molecule has 5 rings (SSSR count). The van der Waals surface area contributed by atoms with Crippen LogP contribution in [0.25, 0.3) is 0 Å². The number of rotatable bonds is 9. The fourth-order valence-corrected chi connectivity index (χ4v) is 7.21. The van der Waals surface area contributed by atoms with E-state index in [-0.39, 0.29) is 34.3 Å². The lowest BCUT2D eigenvalue weighted by Gasteiger charge is -2.42. The Morgan fingerprint density at radius 3 is 2.55 bits per heavy atom. The topological polar surface area (TPSA) is 153 Å². The molecule has 3 N–H and O–H groups in total. The summed E-state index contributed by atoms with van der Waals surface area (Å²) < 4.78 is 16.7. The largest absolute Gasteiger partial charge is 0.496 e. The molecule has 1 amide bonds. The second-order valence-electron chi connectivity index (χ2n) is 11.0. The van der Waals surface area contributed by atoms with E-state index in [4.69, 9.17) is 19.9 Å². The summed E-state index contributed by atoms with van der Waals surface area (Å²) in [4.78, 5) is 28.2. The first-order valence-electron chi connectivity index (χ1n) is 13.7. The highest BCUT2D eigenvalue weighted by molar-refractivity contribution is 8.01. The standard InChI is InChI=1S/C31H32N6O5S2/c1-31(2)13-20-27(21(38)14-31)26(18-8-6-7-9-22(18)40-3)19(15-32)28(33)37(20)29-35-36-30(44-29)43-16-25(39)34-17-10-11-23(41-4)24(12-17)42-5/h6-12,26H,13-14,16,33H2,1-5H3,(H,34,39). The van der Waals surface area contributed by atoms with Crippen LogP contribution in [0.4, 0.5) is 10.8 Å². The first kappa shape index (κ1) is 30.9. The molecule has 0 saturated carbocycles. The van der Waals surface area contributed by atoms with Gasteiger partial charge in [0.25, 0.3) is 0 Å². The highest BCUT2D eigenvalue weighted by Gasteiger charge is 2.46. The van der Waals surface area contributed by atoms with Gasteiger partial charge in [0, 0.05) is 35.0 Å². The number of para-hydroxylation sites is 1. The molecule has 1 aromatic heterocycles. The number of thioether (sulfide) groups is 1. The van der Waals surface area contributed by atoms with Crippen molar-refractivity contribution in [3.8, 4) is 23.3 Å². The van der Waals surface area contributed by atoms with Crippen LogP contribution < -0.4 is 30.2 Å². The maximum Gasteiger partial charge on any atom is 0.234 e. The van der Waals surface area contributed by atoms with Gasteiger partial charge in [0.05, 0.1) is 44.6 Å². The van der Waals surface area contributed by atoms with Crippen LogP contribution in [-0.2, 0) is 9.59 Å². The highest BCUT2D eigenvalue weighted by Crippen LogP contribution is 2.52. The van der Waals surface area contributed by atoms with Crippen molar-refractivity contribution in [1.82, 2.24) is 10.2 Å². The molecule has 1 aliphatic carbocycles. The second-order valence-corrected chi connectivity index (χ2v) is 13.2. The summed E-state index contributed by atoms with van der Waals surface area (Å²) in [6.45, 7) is 4.06. The summed E-state index contributed by atoms with van der Waals surface area (Å²) in [5, 5.41) is 22.3. The van der Waals surface area contributed by atoms with E-state index >= 15 is 0 Å². The van der Waals surface area contributed by atoms with Gasteiger partial charge in [-0.2, -0.15) is 5.26 Å². The fourth-order valence-electron chi connectivity index (χ4n) is 5.53. The van der Waals surface area contributed by atoms with Gasteiger partial charge in [-0.05, 0) is 30.0 Å². The van der Waals surface area contributed by atoms with Crippen molar-refractivity contribution in [2.24, 2.45) is 11.1 Å². The van der Waals surface area contributed by atoms with Crippen molar-refractivity contribution in [3.63, 3.8) is 0 Å². The third-order valence-electron chi connectivity index (χ3n) is 7.41. The summed E-state index contributed by atoms with van der Waals surface area (Å²) in [5.41, 5.74) is 9.10. The first-order valence-corrected chi connectivity index (χ1v) is 15.5. The molecule has 44 heavy (non-hydrogen) atoms. The number of amides is 1. The number of nitriles is 1. The highest BCUT2D eigenvalue weighted by atomic mass is 32.2. The van der Waals surface area contributed by atoms with E-state index in [2.05, 4.69) is 21.6 Å². The number of anilines is 2. The van der Waals surface area contributed by atoms with Gasteiger partial charge in [0.15, 0.2) is 21.6 Å². The molecule has 1 aliphatic heterocycles. The minimum Gasteiger partial charge on any atom is -0.496 e. The number of ether oxygens (including phenoxy) is 3. The number of carbonyl (C=O) groups excluding carboxylic acids is 2. The zero-order valence-electron chi connectivity index (χ0n) is 25.0. The molecule has 11 nitrogen and oxygen atoms in total. The number of methoxy groups -OCH3 is 3. The van der Waals surface area contributed by atoms with Crippen LogP contribution in [0.15, 0.2) is 69.5 Å². The fraction of sp³-hybridized carbons (Fsp3) is 0.323. The molecule has 0 saturated heterocycles. The van der Waals surface area contributed by atoms with E-state index in [0.717, 1.165) is 0 Å². The molecular formula is C31H32N6O5S2. The molecule has 3 aromatic rings. The van der Waals surface area contributed by atoms with Gasteiger partial charge in [-0.3, -0.25) is 14.5 Å². The molecule has 13 heteroatoms. The minimum absolute atomic E-state index is 0.0525. The normalized spacial score (nSPS) is 17.6. The Balaban J connectivity index is 1.44. The summed E-state index contributed by atoms with van der Waals surface area (Å²) in [5.74, 6) is 0.920. The van der Waals surface area contributed by atoms with Crippen molar-refractivity contribution < 1.29 is 23.8 Å². The van der Waals surface area contributed by atoms with Crippen LogP contribution >= 0.6 is 23.1 Å². The molecule has 2 heterocycles. The molecule has 2 aromatic carbocycles. The number of hydrogen-bond donors (Lipinski definition) is 2. The Labute approximate surface area is 263 Å². The number of hydrogen-bond acceptors (Lipinski definition) is 12. The molecular weight excluding hydrogens is 601 g/mol. The molecule has 0 radical (unpaired) electrons. The van der Waals surface area contributed by atoms with Gasteiger partial charge in [0.2, 0.25) is 11.0 Å². The minimum atomic E-state index is -0.673. The molecule has 1 atom stereocenters. The second kappa shape index (κ2) is 12.6. The van der Waals surface area contributed by atoms with Crippen LogP contribution in [0.3, 0.4) is 0 Å². The third-order valence-corrected chi connectivity index (χ3v) is 9.45. The summed E-state index contributed by atoms with van der Waals surface area (Å²) in [6, 6.07) is 14.7. The monoisotopic (exact) mass is 632 g/mol. The van der Waals surface area contributed by atoms with Crippen LogP contribution in [0.2, 0.25) is 0 Å². The molecule has 0 bridgehead atoms. The van der Waals surface area contributed by atoms with Crippen molar-refractivity contribution in [3.05, 3.63) is 70.7 Å². The molecule has 1 unspecified atom stereocenters. The van der Waals surface area contributed by atoms with Gasteiger partial charge >= 0.3 is 0 Å². The zero-order chi connectivity index (χ0) is 31.6. The number of benzene rings is 2. The van der Waals surface area contributed by atoms with Gasteiger partial charge in [0.1, 0.15) is 11.6 Å². The van der Waals surface area contributed by atoms with Crippen LogP contribution in [-0.4, -0.2) is 49.0 Å². The molecule has 228 valence electrons. The lowest BCUT2D eigenvalue weighted by molar-refractivity contribution is -0.118.